The van der Waals surface area contributed by atoms with E-state index in [-0.39, 0.29) is 17.5 Å². The lowest BCUT2D eigenvalue weighted by Crippen LogP contribution is -2.38. The molecule has 0 amide bonds. The Morgan fingerprint density at radius 3 is 2.60 bits per heavy atom. The van der Waals surface area contributed by atoms with Crippen LogP contribution >= 0.6 is 0 Å². The summed E-state index contributed by atoms with van der Waals surface area (Å²) in [5.41, 5.74) is 6.02. The van der Waals surface area contributed by atoms with E-state index in [0.717, 1.165) is 19.3 Å². The van der Waals surface area contributed by atoms with E-state index in [1.165, 1.54) is 0 Å². The minimum Gasteiger partial charge on any atom is -0.325 e. The van der Waals surface area contributed by atoms with Crippen molar-refractivity contribution in [1.82, 2.24) is 9.29 Å². The lowest BCUT2D eigenvalue weighted by molar-refractivity contribution is 0.345. The second kappa shape index (κ2) is 7.71. The largest absolute Gasteiger partial charge is 0.325 e. The summed E-state index contributed by atoms with van der Waals surface area (Å²) < 4.78 is 27.1. The Labute approximate surface area is 122 Å². The fourth-order valence-corrected chi connectivity index (χ4v) is 3.97. The predicted molar refractivity (Wildman–Crippen MR) is 80.7 cm³/mol. The van der Waals surface area contributed by atoms with Gasteiger partial charge in [-0.1, -0.05) is 19.8 Å². The molecule has 0 aliphatic heterocycles. The molecule has 0 unspecified atom stereocenters. The van der Waals surface area contributed by atoms with E-state index in [1.807, 2.05) is 13.8 Å². The van der Waals surface area contributed by atoms with Crippen molar-refractivity contribution in [3.8, 4) is 0 Å². The van der Waals surface area contributed by atoms with Crippen LogP contribution in [0.4, 0.5) is 0 Å². The first-order valence-electron chi connectivity index (χ1n) is 7.11. The first kappa shape index (κ1) is 17.1. The molecule has 1 rings (SSSR count). The van der Waals surface area contributed by atoms with Crippen molar-refractivity contribution in [2.24, 2.45) is 5.73 Å². The molecule has 1 aromatic rings. The van der Waals surface area contributed by atoms with Crippen LogP contribution in [0, 0.1) is 0 Å². The third-order valence-electron chi connectivity index (χ3n) is 3.19. The molecule has 1 aromatic heterocycles. The molecule has 6 heteroatoms. The van der Waals surface area contributed by atoms with Crippen LogP contribution in [0.5, 0.6) is 0 Å². The van der Waals surface area contributed by atoms with Gasteiger partial charge in [0.2, 0.25) is 10.0 Å². The summed E-state index contributed by atoms with van der Waals surface area (Å²) in [6.45, 7) is 6.54. The van der Waals surface area contributed by atoms with Crippen LogP contribution in [0.15, 0.2) is 23.2 Å². The van der Waals surface area contributed by atoms with Gasteiger partial charge in [0.25, 0.3) is 0 Å². The Bertz CT molecular complexity index is 515. The van der Waals surface area contributed by atoms with Crippen LogP contribution in [0.1, 0.15) is 45.7 Å². The Morgan fingerprint density at radius 2 is 2.05 bits per heavy atom. The van der Waals surface area contributed by atoms with Crippen LogP contribution in [0.3, 0.4) is 0 Å². The molecule has 0 spiro atoms. The molecule has 1 heterocycles. The average molecular weight is 299 g/mol. The topological polar surface area (TPSA) is 76.3 Å². The Morgan fingerprint density at radius 1 is 1.35 bits per heavy atom. The van der Waals surface area contributed by atoms with Crippen molar-refractivity contribution >= 4 is 10.0 Å². The molecule has 114 valence electrons. The number of nitrogens with zero attached hydrogens (tertiary/aromatic N) is 2. The van der Waals surface area contributed by atoms with Gasteiger partial charge in [-0.25, -0.2) is 8.42 Å². The molecule has 0 atom stereocenters. The summed E-state index contributed by atoms with van der Waals surface area (Å²) in [5, 5.41) is 0. The minimum absolute atomic E-state index is 0.0808. The quantitative estimate of drug-likeness (QED) is 0.746. The molecule has 0 aliphatic carbocycles. The van der Waals surface area contributed by atoms with Gasteiger partial charge in [-0.3, -0.25) is 4.98 Å². The van der Waals surface area contributed by atoms with E-state index in [1.54, 1.807) is 22.6 Å². The van der Waals surface area contributed by atoms with E-state index in [0.29, 0.717) is 12.2 Å². The molecular weight excluding hydrogens is 274 g/mol. The number of sulfonamides is 1. The maximum absolute atomic E-state index is 12.8. The van der Waals surface area contributed by atoms with Crippen LogP contribution in [0.2, 0.25) is 0 Å². The molecule has 0 radical (unpaired) electrons. The number of pyridine rings is 1. The van der Waals surface area contributed by atoms with Crippen molar-refractivity contribution in [2.45, 2.75) is 57.5 Å². The SMILES string of the molecule is CCCCCN(C(C)C)S(=O)(=O)c1cccnc1CN. The highest BCUT2D eigenvalue weighted by atomic mass is 32.2. The summed E-state index contributed by atoms with van der Waals surface area (Å²) in [5.74, 6) is 0. The molecule has 20 heavy (non-hydrogen) atoms. The highest BCUT2D eigenvalue weighted by Crippen LogP contribution is 2.21. The third-order valence-corrected chi connectivity index (χ3v) is 5.34. The highest BCUT2D eigenvalue weighted by molar-refractivity contribution is 7.89. The number of unbranched alkanes of at least 4 members (excludes halogenated alkanes) is 2. The van der Waals surface area contributed by atoms with Gasteiger partial charge in [-0.05, 0) is 32.4 Å². The fraction of sp³-hybridized carbons (Fsp3) is 0.643. The maximum Gasteiger partial charge on any atom is 0.245 e. The predicted octanol–water partition coefficient (Wildman–Crippen LogP) is 2.13. The standard InChI is InChI=1S/C14H25N3O2S/c1-4-5-6-10-17(12(2)3)20(18,19)14-8-7-9-16-13(14)11-15/h7-9,12H,4-6,10-11,15H2,1-3H3. The lowest BCUT2D eigenvalue weighted by atomic mass is 10.2. The normalized spacial score (nSPS) is 12.3. The van der Waals surface area contributed by atoms with Crippen molar-refractivity contribution in [3.63, 3.8) is 0 Å². The van der Waals surface area contributed by atoms with Gasteiger partial charge in [0.15, 0.2) is 0 Å². The second-order valence-electron chi connectivity index (χ2n) is 5.07. The highest BCUT2D eigenvalue weighted by Gasteiger charge is 2.28. The van der Waals surface area contributed by atoms with Crippen LogP contribution in [0.25, 0.3) is 0 Å². The maximum atomic E-state index is 12.8. The smallest absolute Gasteiger partial charge is 0.245 e. The van der Waals surface area contributed by atoms with E-state index >= 15 is 0 Å². The van der Waals surface area contributed by atoms with Crippen molar-refractivity contribution in [2.75, 3.05) is 6.54 Å². The monoisotopic (exact) mass is 299 g/mol. The van der Waals surface area contributed by atoms with Gasteiger partial charge < -0.3 is 5.73 Å². The third kappa shape index (κ3) is 4.01. The molecule has 0 aliphatic rings. The van der Waals surface area contributed by atoms with Gasteiger partial charge >= 0.3 is 0 Å². The minimum atomic E-state index is -3.53. The number of aromatic nitrogens is 1. The molecule has 5 nitrogen and oxygen atoms in total. The molecule has 0 bridgehead atoms. The number of rotatable bonds is 8. The van der Waals surface area contributed by atoms with Crippen molar-refractivity contribution in [1.29, 1.82) is 0 Å². The van der Waals surface area contributed by atoms with Gasteiger partial charge in [0, 0.05) is 25.3 Å². The van der Waals surface area contributed by atoms with E-state index < -0.39 is 10.0 Å². The van der Waals surface area contributed by atoms with Crippen LogP contribution in [-0.2, 0) is 16.6 Å². The first-order valence-corrected chi connectivity index (χ1v) is 8.55. The zero-order valence-electron chi connectivity index (χ0n) is 12.5. The van der Waals surface area contributed by atoms with E-state index in [9.17, 15) is 8.42 Å². The van der Waals surface area contributed by atoms with Crippen molar-refractivity contribution < 1.29 is 8.42 Å². The summed E-state index contributed by atoms with van der Waals surface area (Å²) >= 11 is 0. The summed E-state index contributed by atoms with van der Waals surface area (Å²) in [7, 11) is -3.53. The van der Waals surface area contributed by atoms with Gasteiger partial charge in [-0.2, -0.15) is 4.31 Å². The number of hydrogen-bond acceptors (Lipinski definition) is 4. The Kier molecular flexibility index (Phi) is 6.58. The molecule has 2 N–H and O–H groups in total. The van der Waals surface area contributed by atoms with Crippen molar-refractivity contribution in [3.05, 3.63) is 24.0 Å². The second-order valence-corrected chi connectivity index (χ2v) is 6.93. The molecule has 0 saturated heterocycles. The van der Waals surface area contributed by atoms with Crippen LogP contribution in [-0.4, -0.2) is 30.3 Å². The van der Waals surface area contributed by atoms with E-state index in [4.69, 9.17) is 5.73 Å². The molecular formula is C14H25N3O2S. The molecule has 0 saturated carbocycles. The molecule has 0 fully saturated rings. The lowest BCUT2D eigenvalue weighted by Gasteiger charge is -2.26. The first-order chi connectivity index (χ1) is 9.45. The zero-order chi connectivity index (χ0) is 15.2. The van der Waals surface area contributed by atoms with E-state index in [2.05, 4.69) is 11.9 Å². The zero-order valence-corrected chi connectivity index (χ0v) is 13.4. The fourth-order valence-electron chi connectivity index (χ4n) is 2.11. The Balaban J connectivity index is 3.09. The number of nitrogens with two attached hydrogens (primary N) is 1. The summed E-state index contributed by atoms with van der Waals surface area (Å²) in [6.07, 6.45) is 4.52. The Hall–Kier alpha value is -0.980. The van der Waals surface area contributed by atoms with Gasteiger partial charge in [0.05, 0.1) is 5.69 Å². The summed E-state index contributed by atoms with van der Waals surface area (Å²) in [4.78, 5) is 4.30. The van der Waals surface area contributed by atoms with Gasteiger partial charge in [0.1, 0.15) is 4.90 Å². The molecule has 0 aromatic carbocycles. The van der Waals surface area contributed by atoms with Gasteiger partial charge in [-0.15, -0.1) is 0 Å². The number of hydrogen-bond donors (Lipinski definition) is 1. The van der Waals surface area contributed by atoms with Crippen LogP contribution < -0.4 is 5.73 Å². The summed E-state index contributed by atoms with van der Waals surface area (Å²) in [6, 6.07) is 3.14. The average Bonchev–Trinajstić information content (AvgIpc) is 2.42.